The van der Waals surface area contributed by atoms with Gasteiger partial charge in [0.1, 0.15) is 0 Å². The second-order valence-corrected chi connectivity index (χ2v) is 5.82. The van der Waals surface area contributed by atoms with Crippen molar-refractivity contribution < 1.29 is 13.2 Å². The van der Waals surface area contributed by atoms with Gasteiger partial charge in [0.15, 0.2) is 0 Å². The maximum Gasteiger partial charge on any atom is 0.391 e. The monoisotopic (exact) mass is 338 g/mol. The van der Waals surface area contributed by atoms with Gasteiger partial charge in [0, 0.05) is 28.4 Å². The normalized spacial score (nSPS) is 17.7. The molecule has 0 aliphatic carbocycles. The van der Waals surface area contributed by atoms with E-state index in [4.69, 9.17) is 11.6 Å². The number of benzene rings is 2. The van der Waals surface area contributed by atoms with Crippen LogP contribution < -0.4 is 5.32 Å². The van der Waals surface area contributed by atoms with E-state index >= 15 is 0 Å². The van der Waals surface area contributed by atoms with E-state index in [0.29, 0.717) is 16.3 Å². The van der Waals surface area contributed by atoms with Crippen LogP contribution in [0, 0.1) is 0 Å². The van der Waals surface area contributed by atoms with E-state index < -0.39 is 18.6 Å². The molecule has 3 rings (SSSR count). The van der Waals surface area contributed by atoms with E-state index in [1.54, 1.807) is 18.2 Å². The smallest absolute Gasteiger partial charge is 0.382 e. The van der Waals surface area contributed by atoms with Crippen molar-refractivity contribution in [2.75, 3.05) is 11.9 Å². The van der Waals surface area contributed by atoms with Gasteiger partial charge in [0.25, 0.3) is 0 Å². The van der Waals surface area contributed by atoms with E-state index in [0.717, 1.165) is 11.3 Å². The summed E-state index contributed by atoms with van der Waals surface area (Å²) in [7, 11) is 0. The molecule has 0 amide bonds. The number of nitrogens with zero attached hydrogens (tertiary/aromatic N) is 1. The Bertz CT molecular complexity index is 726. The van der Waals surface area contributed by atoms with Crippen molar-refractivity contribution in [2.45, 2.75) is 18.6 Å². The van der Waals surface area contributed by atoms with Gasteiger partial charge in [-0.1, -0.05) is 41.9 Å². The Morgan fingerprint density at radius 3 is 2.57 bits per heavy atom. The summed E-state index contributed by atoms with van der Waals surface area (Å²) in [5.74, 6) is 0. The Kier molecular flexibility index (Phi) is 4.31. The molecule has 0 unspecified atom stereocenters. The van der Waals surface area contributed by atoms with Crippen LogP contribution >= 0.6 is 11.6 Å². The minimum absolute atomic E-state index is 0.129. The Morgan fingerprint density at radius 2 is 1.87 bits per heavy atom. The summed E-state index contributed by atoms with van der Waals surface area (Å²) in [4.78, 5) is 4.39. The summed E-state index contributed by atoms with van der Waals surface area (Å²) >= 11 is 6.06. The predicted octanol–water partition coefficient (Wildman–Crippen LogP) is 4.92. The lowest BCUT2D eigenvalue weighted by molar-refractivity contribution is -0.137. The van der Waals surface area contributed by atoms with Crippen LogP contribution in [0.2, 0.25) is 5.02 Å². The molecule has 0 saturated carbocycles. The first kappa shape index (κ1) is 15.9. The zero-order valence-electron chi connectivity index (χ0n) is 12.1. The zero-order valence-corrected chi connectivity index (χ0v) is 12.8. The van der Waals surface area contributed by atoms with Gasteiger partial charge < -0.3 is 5.32 Å². The SMILES string of the molecule is FC(F)(F)C[C@H]1CNc2ccc(Cl)cc2C(c2ccccc2)=N1. The van der Waals surface area contributed by atoms with Gasteiger partial charge in [-0.2, -0.15) is 13.2 Å². The number of rotatable bonds is 2. The fourth-order valence-electron chi connectivity index (χ4n) is 2.60. The van der Waals surface area contributed by atoms with Crippen LogP contribution in [0.15, 0.2) is 53.5 Å². The van der Waals surface area contributed by atoms with Crippen molar-refractivity contribution >= 4 is 23.0 Å². The highest BCUT2D eigenvalue weighted by molar-refractivity contribution is 6.31. The molecule has 2 aromatic carbocycles. The summed E-state index contributed by atoms with van der Waals surface area (Å²) in [5.41, 5.74) is 2.75. The van der Waals surface area contributed by atoms with Crippen LogP contribution in [-0.2, 0) is 0 Å². The van der Waals surface area contributed by atoms with Crippen LogP contribution in [0.3, 0.4) is 0 Å². The topological polar surface area (TPSA) is 24.4 Å². The highest BCUT2D eigenvalue weighted by Crippen LogP contribution is 2.30. The number of alkyl halides is 3. The Balaban J connectivity index is 2.09. The molecule has 0 spiro atoms. The molecule has 1 aliphatic heterocycles. The third-order valence-electron chi connectivity index (χ3n) is 3.59. The first-order valence-electron chi connectivity index (χ1n) is 7.16. The van der Waals surface area contributed by atoms with Gasteiger partial charge in [0.2, 0.25) is 0 Å². The molecule has 0 fully saturated rings. The van der Waals surface area contributed by atoms with E-state index in [2.05, 4.69) is 10.3 Å². The van der Waals surface area contributed by atoms with Crippen LogP contribution in [0.4, 0.5) is 18.9 Å². The Morgan fingerprint density at radius 1 is 1.13 bits per heavy atom. The number of halogens is 4. The van der Waals surface area contributed by atoms with Gasteiger partial charge in [-0.25, -0.2) is 0 Å². The van der Waals surface area contributed by atoms with Gasteiger partial charge in [-0.3, -0.25) is 4.99 Å². The van der Waals surface area contributed by atoms with Gasteiger partial charge in [-0.15, -0.1) is 0 Å². The summed E-state index contributed by atoms with van der Waals surface area (Å²) in [6.45, 7) is 0.129. The molecule has 2 aromatic rings. The Hall–Kier alpha value is -2.01. The van der Waals surface area contributed by atoms with E-state index in [-0.39, 0.29) is 6.54 Å². The van der Waals surface area contributed by atoms with Crippen LogP contribution in [0.25, 0.3) is 0 Å². The molecule has 0 saturated heterocycles. The highest BCUT2D eigenvalue weighted by atomic mass is 35.5. The molecule has 1 heterocycles. The average molecular weight is 339 g/mol. The largest absolute Gasteiger partial charge is 0.391 e. The van der Waals surface area contributed by atoms with Gasteiger partial charge >= 0.3 is 6.18 Å². The lowest BCUT2D eigenvalue weighted by Crippen LogP contribution is -2.24. The van der Waals surface area contributed by atoms with Crippen molar-refractivity contribution in [2.24, 2.45) is 4.99 Å². The minimum atomic E-state index is -4.26. The standard InChI is InChI=1S/C17H14ClF3N2/c18-12-6-7-15-14(8-12)16(11-4-2-1-3-5-11)23-13(10-22-15)9-17(19,20)21/h1-8,13,22H,9-10H2/t13-/m0/s1. The molecule has 0 aromatic heterocycles. The van der Waals surface area contributed by atoms with E-state index in [1.165, 1.54) is 0 Å². The molecule has 0 radical (unpaired) electrons. The molecule has 1 N–H and O–H groups in total. The van der Waals surface area contributed by atoms with Crippen molar-refractivity contribution in [1.82, 2.24) is 0 Å². The first-order chi connectivity index (χ1) is 10.9. The summed E-state index contributed by atoms with van der Waals surface area (Å²) in [6.07, 6.45) is -5.22. The van der Waals surface area contributed by atoms with Crippen molar-refractivity contribution in [1.29, 1.82) is 0 Å². The summed E-state index contributed by atoms with van der Waals surface area (Å²) in [6, 6.07) is 13.5. The number of benzodiazepines with no additional fused rings is 1. The number of fused-ring (bicyclic) bond motifs is 1. The lowest BCUT2D eigenvalue weighted by atomic mass is 10.0. The number of hydrogen-bond donors (Lipinski definition) is 1. The second kappa shape index (κ2) is 6.24. The van der Waals surface area contributed by atoms with Crippen LogP contribution in [0.5, 0.6) is 0 Å². The van der Waals surface area contributed by atoms with E-state index in [9.17, 15) is 13.2 Å². The van der Waals surface area contributed by atoms with Crippen molar-refractivity contribution in [3.05, 3.63) is 64.7 Å². The first-order valence-corrected chi connectivity index (χ1v) is 7.54. The van der Waals surface area contributed by atoms with Crippen molar-refractivity contribution in [3.8, 4) is 0 Å². The summed E-state index contributed by atoms with van der Waals surface area (Å²) < 4.78 is 38.3. The third-order valence-corrected chi connectivity index (χ3v) is 3.83. The van der Waals surface area contributed by atoms with Gasteiger partial charge in [0.05, 0.1) is 18.2 Å². The quantitative estimate of drug-likeness (QED) is 0.825. The summed E-state index contributed by atoms with van der Waals surface area (Å²) in [5, 5.41) is 3.57. The lowest BCUT2D eigenvalue weighted by Gasteiger charge is -2.14. The fraction of sp³-hybridized carbons (Fsp3) is 0.235. The van der Waals surface area contributed by atoms with E-state index in [1.807, 2.05) is 30.3 Å². The van der Waals surface area contributed by atoms with Crippen LogP contribution in [0.1, 0.15) is 17.5 Å². The number of hydrogen-bond acceptors (Lipinski definition) is 2. The van der Waals surface area contributed by atoms with Crippen LogP contribution in [-0.4, -0.2) is 24.5 Å². The number of aliphatic imine (C=N–C) groups is 1. The molecule has 2 nitrogen and oxygen atoms in total. The molecule has 120 valence electrons. The molecular formula is C17H14ClF3N2. The predicted molar refractivity (Wildman–Crippen MR) is 86.5 cm³/mol. The highest BCUT2D eigenvalue weighted by Gasteiger charge is 2.33. The number of nitrogens with one attached hydrogen (secondary N) is 1. The molecule has 6 heteroatoms. The molecule has 1 atom stereocenters. The maximum absolute atomic E-state index is 12.8. The van der Waals surface area contributed by atoms with Crippen molar-refractivity contribution in [3.63, 3.8) is 0 Å². The fourth-order valence-corrected chi connectivity index (χ4v) is 2.78. The molecule has 1 aliphatic rings. The third kappa shape index (κ3) is 3.85. The molecular weight excluding hydrogens is 325 g/mol. The minimum Gasteiger partial charge on any atom is -0.382 e. The number of anilines is 1. The molecule has 0 bridgehead atoms. The zero-order chi connectivity index (χ0) is 16.4. The molecule has 23 heavy (non-hydrogen) atoms. The van der Waals surface area contributed by atoms with Gasteiger partial charge in [-0.05, 0) is 18.2 Å². The second-order valence-electron chi connectivity index (χ2n) is 5.39. The average Bonchev–Trinajstić information content (AvgIpc) is 2.66. The Labute approximate surface area is 137 Å². The maximum atomic E-state index is 12.8.